The molecule has 0 saturated carbocycles. The Morgan fingerprint density at radius 3 is 2.50 bits per heavy atom. The number of rotatable bonds is 4. The summed E-state index contributed by atoms with van der Waals surface area (Å²) in [6.07, 6.45) is 6.74. The maximum Gasteiger partial charge on any atom is 0.229 e. The highest BCUT2D eigenvalue weighted by atomic mass is 32.1. The number of carbonyl (C=O) groups excluding carboxylic acids is 1. The summed E-state index contributed by atoms with van der Waals surface area (Å²) in [6, 6.07) is 8.50. The minimum atomic E-state index is -0.00339. The molecule has 6 nitrogen and oxygen atoms in total. The first-order valence-electron chi connectivity index (χ1n) is 10.3. The van der Waals surface area contributed by atoms with Gasteiger partial charge in [0.25, 0.3) is 0 Å². The molecular weight excluding hydrogens is 394 g/mol. The van der Waals surface area contributed by atoms with Gasteiger partial charge in [0.1, 0.15) is 5.82 Å². The zero-order valence-electron chi connectivity index (χ0n) is 17.6. The Morgan fingerprint density at radius 2 is 1.87 bits per heavy atom. The lowest BCUT2D eigenvalue weighted by Gasteiger charge is -2.31. The molecule has 1 aromatic carbocycles. The molecule has 1 fully saturated rings. The summed E-state index contributed by atoms with van der Waals surface area (Å²) in [5.74, 6) is 0.924. The first-order valence-corrected chi connectivity index (χ1v) is 11.2. The molecule has 1 N–H and O–H groups in total. The second-order valence-corrected chi connectivity index (χ2v) is 9.54. The molecule has 1 amide bonds. The van der Waals surface area contributed by atoms with Crippen molar-refractivity contribution < 1.29 is 4.79 Å². The number of hydrogen-bond acceptors (Lipinski definition) is 6. The second-order valence-electron chi connectivity index (χ2n) is 8.68. The van der Waals surface area contributed by atoms with Crippen LogP contribution in [0.25, 0.3) is 11.3 Å². The fraction of sp³-hybridized carbons (Fsp3) is 0.391. The van der Waals surface area contributed by atoms with Crippen molar-refractivity contribution >= 4 is 28.2 Å². The molecule has 1 aliphatic heterocycles. The average molecular weight is 422 g/mol. The molecule has 7 heteroatoms. The van der Waals surface area contributed by atoms with Crippen LogP contribution in [0.15, 0.2) is 48.2 Å². The maximum absolute atomic E-state index is 12.7. The van der Waals surface area contributed by atoms with Crippen molar-refractivity contribution in [3.05, 3.63) is 53.8 Å². The van der Waals surface area contributed by atoms with Gasteiger partial charge in [0, 0.05) is 42.3 Å². The molecule has 1 saturated heterocycles. The molecule has 156 valence electrons. The SMILES string of the molecule is CC(C)(C)c1ccc(-c2csc(NC(=O)C3CCN(c4cnccn4)CC3)n2)cc1. The summed E-state index contributed by atoms with van der Waals surface area (Å²) in [6.45, 7) is 8.22. The topological polar surface area (TPSA) is 71.0 Å². The van der Waals surface area contributed by atoms with Crippen LogP contribution >= 0.6 is 11.3 Å². The van der Waals surface area contributed by atoms with Gasteiger partial charge in [-0.3, -0.25) is 9.78 Å². The van der Waals surface area contributed by atoms with Crippen LogP contribution in [-0.4, -0.2) is 33.9 Å². The summed E-state index contributed by atoms with van der Waals surface area (Å²) >= 11 is 1.47. The molecule has 0 radical (unpaired) electrons. The van der Waals surface area contributed by atoms with Gasteiger partial charge >= 0.3 is 0 Å². The highest BCUT2D eigenvalue weighted by Gasteiger charge is 2.26. The normalized spacial score (nSPS) is 15.2. The van der Waals surface area contributed by atoms with Crippen molar-refractivity contribution in [1.82, 2.24) is 15.0 Å². The van der Waals surface area contributed by atoms with Crippen LogP contribution in [0.5, 0.6) is 0 Å². The lowest BCUT2D eigenvalue weighted by atomic mass is 9.86. The average Bonchev–Trinajstić information content (AvgIpc) is 3.22. The fourth-order valence-corrected chi connectivity index (χ4v) is 4.36. The Hall–Kier alpha value is -2.80. The third kappa shape index (κ3) is 4.67. The molecule has 4 rings (SSSR count). The minimum Gasteiger partial charge on any atom is -0.355 e. The Labute approximate surface area is 181 Å². The van der Waals surface area contributed by atoms with E-state index >= 15 is 0 Å². The first-order chi connectivity index (χ1) is 14.4. The lowest BCUT2D eigenvalue weighted by Crippen LogP contribution is -2.38. The van der Waals surface area contributed by atoms with Gasteiger partial charge in [-0.15, -0.1) is 11.3 Å². The Kier molecular flexibility index (Phi) is 5.81. The number of piperidine rings is 1. The number of aromatic nitrogens is 3. The van der Waals surface area contributed by atoms with E-state index in [1.807, 2.05) is 5.38 Å². The Morgan fingerprint density at radius 1 is 1.13 bits per heavy atom. The number of nitrogens with zero attached hydrogens (tertiary/aromatic N) is 4. The monoisotopic (exact) mass is 421 g/mol. The summed E-state index contributed by atoms with van der Waals surface area (Å²) < 4.78 is 0. The van der Waals surface area contributed by atoms with E-state index < -0.39 is 0 Å². The molecule has 0 bridgehead atoms. The maximum atomic E-state index is 12.7. The molecule has 0 spiro atoms. The molecule has 0 aliphatic carbocycles. The van der Waals surface area contributed by atoms with Crippen LogP contribution in [0.4, 0.5) is 10.9 Å². The van der Waals surface area contributed by atoms with Crippen LogP contribution < -0.4 is 10.2 Å². The van der Waals surface area contributed by atoms with Crippen molar-refractivity contribution in [2.24, 2.45) is 5.92 Å². The zero-order valence-corrected chi connectivity index (χ0v) is 18.4. The van der Waals surface area contributed by atoms with Gasteiger partial charge in [0.05, 0.1) is 11.9 Å². The molecule has 3 heterocycles. The smallest absolute Gasteiger partial charge is 0.229 e. The van der Waals surface area contributed by atoms with Crippen LogP contribution in [0.3, 0.4) is 0 Å². The predicted molar refractivity (Wildman–Crippen MR) is 122 cm³/mol. The number of carbonyl (C=O) groups is 1. The predicted octanol–water partition coefficient (Wildman–Crippen LogP) is 4.75. The van der Waals surface area contributed by atoms with E-state index in [1.165, 1.54) is 16.9 Å². The molecular formula is C23H27N5OS. The summed E-state index contributed by atoms with van der Waals surface area (Å²) in [7, 11) is 0. The number of benzene rings is 1. The van der Waals surface area contributed by atoms with Crippen LogP contribution in [-0.2, 0) is 10.2 Å². The fourth-order valence-electron chi connectivity index (χ4n) is 3.64. The third-order valence-corrected chi connectivity index (χ3v) is 6.28. The van der Waals surface area contributed by atoms with Gasteiger partial charge in [-0.2, -0.15) is 0 Å². The third-order valence-electron chi connectivity index (χ3n) is 5.52. The van der Waals surface area contributed by atoms with E-state index in [0.717, 1.165) is 43.0 Å². The molecule has 3 aromatic rings. The van der Waals surface area contributed by atoms with Gasteiger partial charge < -0.3 is 10.2 Å². The van der Waals surface area contributed by atoms with E-state index in [4.69, 9.17) is 0 Å². The van der Waals surface area contributed by atoms with Crippen molar-refractivity contribution in [2.45, 2.75) is 39.0 Å². The van der Waals surface area contributed by atoms with E-state index in [0.29, 0.717) is 5.13 Å². The number of thiazole rings is 1. The van der Waals surface area contributed by atoms with Gasteiger partial charge in [0.2, 0.25) is 5.91 Å². The van der Waals surface area contributed by atoms with Gasteiger partial charge in [-0.1, -0.05) is 45.0 Å². The summed E-state index contributed by atoms with van der Waals surface area (Å²) in [5, 5.41) is 5.67. The summed E-state index contributed by atoms with van der Waals surface area (Å²) in [4.78, 5) is 28.0. The van der Waals surface area contributed by atoms with Crippen molar-refractivity contribution in [3.8, 4) is 11.3 Å². The van der Waals surface area contributed by atoms with Crippen molar-refractivity contribution in [2.75, 3.05) is 23.3 Å². The second kappa shape index (κ2) is 8.52. The molecule has 2 aromatic heterocycles. The minimum absolute atomic E-state index is 0.00339. The Balaban J connectivity index is 1.34. The van der Waals surface area contributed by atoms with E-state index in [9.17, 15) is 4.79 Å². The molecule has 0 atom stereocenters. The van der Waals surface area contributed by atoms with Crippen LogP contribution in [0.2, 0.25) is 0 Å². The van der Waals surface area contributed by atoms with Gasteiger partial charge in [-0.05, 0) is 23.8 Å². The van der Waals surface area contributed by atoms with E-state index in [1.54, 1.807) is 18.6 Å². The molecule has 30 heavy (non-hydrogen) atoms. The quantitative estimate of drug-likeness (QED) is 0.658. The zero-order chi connectivity index (χ0) is 21.1. The number of anilines is 2. The summed E-state index contributed by atoms with van der Waals surface area (Å²) in [5.41, 5.74) is 3.38. The largest absolute Gasteiger partial charge is 0.355 e. The van der Waals surface area contributed by atoms with E-state index in [2.05, 4.69) is 70.2 Å². The highest BCUT2D eigenvalue weighted by Crippen LogP contribution is 2.29. The lowest BCUT2D eigenvalue weighted by molar-refractivity contribution is -0.120. The Bertz CT molecular complexity index is 986. The molecule has 0 unspecified atom stereocenters. The highest BCUT2D eigenvalue weighted by molar-refractivity contribution is 7.14. The number of hydrogen-bond donors (Lipinski definition) is 1. The van der Waals surface area contributed by atoms with Crippen LogP contribution in [0, 0.1) is 5.92 Å². The standard InChI is InChI=1S/C23H27N5OS/c1-23(2,3)18-6-4-16(5-7-18)19-15-30-22(26-19)27-21(29)17-8-12-28(13-9-17)20-14-24-10-11-25-20/h4-7,10-11,14-15,17H,8-9,12-13H2,1-3H3,(H,26,27,29). The van der Waals surface area contributed by atoms with Crippen molar-refractivity contribution in [3.63, 3.8) is 0 Å². The number of nitrogens with one attached hydrogen (secondary N) is 1. The first kappa shape index (κ1) is 20.5. The van der Waals surface area contributed by atoms with E-state index in [-0.39, 0.29) is 17.2 Å². The van der Waals surface area contributed by atoms with Gasteiger partial charge in [-0.25, -0.2) is 9.97 Å². The number of amides is 1. The van der Waals surface area contributed by atoms with Crippen LogP contribution in [0.1, 0.15) is 39.2 Å². The van der Waals surface area contributed by atoms with Crippen molar-refractivity contribution in [1.29, 1.82) is 0 Å². The van der Waals surface area contributed by atoms with Gasteiger partial charge in [0.15, 0.2) is 5.13 Å². The molecule has 1 aliphatic rings.